The van der Waals surface area contributed by atoms with Crippen molar-refractivity contribution in [3.05, 3.63) is 34.5 Å². The van der Waals surface area contributed by atoms with Gasteiger partial charge in [-0.3, -0.25) is 0 Å². The number of nitrogens with zero attached hydrogens (tertiary/aromatic N) is 2. The summed E-state index contributed by atoms with van der Waals surface area (Å²) in [6.45, 7) is 2.14. The van der Waals surface area contributed by atoms with Gasteiger partial charge in [-0.25, -0.2) is 0 Å². The molecular formula is C13H8N2S4. The quantitative estimate of drug-likeness (QED) is 0.417. The summed E-state index contributed by atoms with van der Waals surface area (Å²) in [7, 11) is 0. The standard InChI is InChI=1S/C13H8N2S4/c1-7-4-5-9(17-7)13-11-10(14-19-15-11)12(18-13)8-3-2-6-16-8/h2-6H,1H3. The van der Waals surface area contributed by atoms with E-state index in [1.54, 1.807) is 22.7 Å². The predicted molar refractivity (Wildman–Crippen MR) is 87.2 cm³/mol. The molecule has 0 amide bonds. The van der Waals surface area contributed by atoms with Gasteiger partial charge in [-0.2, -0.15) is 8.73 Å². The molecule has 0 fully saturated rings. The Morgan fingerprint density at radius 3 is 2.32 bits per heavy atom. The lowest BCUT2D eigenvalue weighted by Crippen LogP contribution is -1.61. The van der Waals surface area contributed by atoms with E-state index in [-0.39, 0.29) is 0 Å². The van der Waals surface area contributed by atoms with Crippen molar-refractivity contribution in [3.8, 4) is 19.5 Å². The van der Waals surface area contributed by atoms with Gasteiger partial charge in [-0.05, 0) is 30.5 Å². The Morgan fingerprint density at radius 1 is 0.895 bits per heavy atom. The summed E-state index contributed by atoms with van der Waals surface area (Å²) < 4.78 is 8.97. The first-order valence-corrected chi connectivity index (χ1v) is 8.93. The molecule has 3 aromatic rings. The molecule has 0 atom stereocenters. The van der Waals surface area contributed by atoms with Gasteiger partial charge in [0.2, 0.25) is 0 Å². The molecule has 0 aromatic carbocycles. The van der Waals surface area contributed by atoms with Crippen molar-refractivity contribution in [2.24, 2.45) is 8.73 Å². The van der Waals surface area contributed by atoms with Crippen molar-refractivity contribution >= 4 is 56.7 Å². The molecular weight excluding hydrogens is 312 g/mol. The third-order valence-corrected chi connectivity index (χ3v) is 6.76. The fourth-order valence-electron chi connectivity index (χ4n) is 1.98. The number of hydrogen-bond acceptors (Lipinski definition) is 5. The fraction of sp³-hybridized carbons (Fsp3) is 0.0769. The molecule has 0 aliphatic carbocycles. The van der Waals surface area contributed by atoms with Crippen LogP contribution in [0.5, 0.6) is 0 Å². The lowest BCUT2D eigenvalue weighted by Gasteiger charge is -1.91. The second-order valence-corrected chi connectivity index (χ2v) is 7.89. The zero-order chi connectivity index (χ0) is 12.8. The van der Waals surface area contributed by atoms with E-state index < -0.39 is 0 Å². The fourth-order valence-corrected chi connectivity index (χ4v) is 5.67. The van der Waals surface area contributed by atoms with Crippen molar-refractivity contribution in [2.75, 3.05) is 0 Å². The van der Waals surface area contributed by atoms with Crippen LogP contribution in [0.4, 0.5) is 11.4 Å². The Bertz CT molecular complexity index is 817. The minimum Gasteiger partial charge on any atom is -0.171 e. The van der Waals surface area contributed by atoms with Gasteiger partial charge >= 0.3 is 0 Å². The largest absolute Gasteiger partial charge is 0.171 e. The Hall–Kier alpha value is -1.08. The normalized spacial score (nSPS) is 12.7. The third-order valence-electron chi connectivity index (χ3n) is 2.83. The van der Waals surface area contributed by atoms with Crippen LogP contribution in [-0.2, 0) is 11.4 Å². The second-order valence-electron chi connectivity index (χ2n) is 4.11. The van der Waals surface area contributed by atoms with Crippen LogP contribution >= 0.6 is 34.0 Å². The number of rotatable bonds is 2. The minimum atomic E-state index is 1.05. The van der Waals surface area contributed by atoms with Crippen LogP contribution in [0.15, 0.2) is 38.4 Å². The van der Waals surface area contributed by atoms with Crippen LogP contribution in [0.2, 0.25) is 0 Å². The molecule has 6 heteroatoms. The van der Waals surface area contributed by atoms with Crippen molar-refractivity contribution in [1.82, 2.24) is 0 Å². The summed E-state index contributed by atoms with van der Waals surface area (Å²) >= 11 is 6.69. The van der Waals surface area contributed by atoms with E-state index in [9.17, 15) is 0 Å². The molecule has 4 heterocycles. The van der Waals surface area contributed by atoms with E-state index in [1.165, 1.54) is 35.7 Å². The van der Waals surface area contributed by atoms with Crippen LogP contribution in [0, 0.1) is 6.92 Å². The van der Waals surface area contributed by atoms with Crippen molar-refractivity contribution in [3.63, 3.8) is 0 Å². The predicted octanol–water partition coefficient (Wildman–Crippen LogP) is 6.24. The first kappa shape index (κ1) is 11.7. The Kier molecular flexibility index (Phi) is 2.77. The molecule has 2 nitrogen and oxygen atoms in total. The van der Waals surface area contributed by atoms with E-state index in [4.69, 9.17) is 0 Å². The molecule has 0 saturated heterocycles. The van der Waals surface area contributed by atoms with Gasteiger partial charge in [0, 0.05) is 14.6 Å². The molecule has 3 aromatic heterocycles. The van der Waals surface area contributed by atoms with Crippen molar-refractivity contribution < 1.29 is 0 Å². The van der Waals surface area contributed by atoms with Crippen LogP contribution < -0.4 is 0 Å². The molecule has 0 unspecified atom stereocenters. The van der Waals surface area contributed by atoms with Gasteiger partial charge in [-0.15, -0.1) is 34.0 Å². The third kappa shape index (κ3) is 1.87. The lowest BCUT2D eigenvalue weighted by molar-refractivity contribution is 1.62. The summed E-state index contributed by atoms with van der Waals surface area (Å²) in [6, 6.07) is 8.58. The summed E-state index contributed by atoms with van der Waals surface area (Å²) in [5.74, 6) is 0. The summed E-state index contributed by atoms with van der Waals surface area (Å²) in [6.07, 6.45) is 0. The van der Waals surface area contributed by atoms with Gasteiger partial charge in [0.05, 0.1) is 21.1 Å². The number of thiophene rings is 3. The smallest absolute Gasteiger partial charge is 0.124 e. The highest BCUT2D eigenvalue weighted by Crippen LogP contribution is 2.55. The van der Waals surface area contributed by atoms with Crippen LogP contribution in [-0.4, -0.2) is 0 Å². The maximum absolute atomic E-state index is 4.49. The Morgan fingerprint density at radius 2 is 1.68 bits per heavy atom. The average molecular weight is 320 g/mol. The second kappa shape index (κ2) is 4.49. The summed E-state index contributed by atoms with van der Waals surface area (Å²) in [4.78, 5) is 6.41. The lowest BCUT2D eigenvalue weighted by atomic mass is 10.2. The molecule has 0 N–H and O–H groups in total. The molecule has 4 rings (SSSR count). The van der Waals surface area contributed by atoms with E-state index in [2.05, 4.69) is 45.3 Å². The van der Waals surface area contributed by atoms with Gasteiger partial charge < -0.3 is 0 Å². The van der Waals surface area contributed by atoms with Crippen LogP contribution in [0.25, 0.3) is 19.5 Å². The zero-order valence-electron chi connectivity index (χ0n) is 9.91. The number of aryl methyl sites for hydroxylation is 1. The summed E-state index contributed by atoms with van der Waals surface area (Å²) in [5.41, 5.74) is 2.11. The first-order valence-electron chi connectivity index (χ1n) is 5.68. The monoisotopic (exact) mass is 320 g/mol. The topological polar surface area (TPSA) is 24.7 Å². The van der Waals surface area contributed by atoms with Crippen LogP contribution in [0.1, 0.15) is 4.88 Å². The van der Waals surface area contributed by atoms with Gasteiger partial charge in [0.1, 0.15) is 11.4 Å². The SMILES string of the molecule is Cc1ccc(-c2sc(-c3cccs3)c3c2N=S=N3)s1. The number of fused-ring (bicyclic) bond motifs is 1. The van der Waals surface area contributed by atoms with Gasteiger partial charge in [-0.1, -0.05) is 6.07 Å². The van der Waals surface area contributed by atoms with Crippen molar-refractivity contribution in [1.29, 1.82) is 0 Å². The highest BCUT2D eigenvalue weighted by molar-refractivity contribution is 7.58. The van der Waals surface area contributed by atoms with Gasteiger partial charge in [0.25, 0.3) is 0 Å². The van der Waals surface area contributed by atoms with Gasteiger partial charge in [0.15, 0.2) is 0 Å². The van der Waals surface area contributed by atoms with Crippen molar-refractivity contribution in [2.45, 2.75) is 6.92 Å². The summed E-state index contributed by atoms with van der Waals surface area (Å²) in [5, 5.41) is 2.11. The Labute approximate surface area is 126 Å². The maximum atomic E-state index is 4.49. The van der Waals surface area contributed by atoms with Crippen LogP contribution in [0.3, 0.4) is 0 Å². The molecule has 94 valence electrons. The Balaban J connectivity index is 1.95. The first-order chi connectivity index (χ1) is 9.33. The highest BCUT2D eigenvalue weighted by Gasteiger charge is 2.23. The molecule has 1 aliphatic heterocycles. The average Bonchev–Trinajstić information content (AvgIpc) is 3.12. The molecule has 0 bridgehead atoms. The molecule has 0 saturated carbocycles. The molecule has 19 heavy (non-hydrogen) atoms. The zero-order valence-corrected chi connectivity index (χ0v) is 13.2. The number of hydrogen-bond donors (Lipinski definition) is 0. The molecule has 0 radical (unpaired) electrons. The van der Waals surface area contributed by atoms with E-state index in [0.29, 0.717) is 0 Å². The van der Waals surface area contributed by atoms with E-state index in [1.807, 2.05) is 11.3 Å². The van der Waals surface area contributed by atoms with E-state index >= 15 is 0 Å². The molecule has 0 spiro atoms. The maximum Gasteiger partial charge on any atom is 0.124 e. The molecule has 1 aliphatic rings. The minimum absolute atomic E-state index is 1.05. The highest BCUT2D eigenvalue weighted by atomic mass is 32.1. The van der Waals surface area contributed by atoms with E-state index in [0.717, 1.165) is 11.4 Å².